The van der Waals surface area contributed by atoms with Crippen molar-refractivity contribution >= 4 is 11.5 Å². The first kappa shape index (κ1) is 18.2. The number of aliphatic carboxylic acids is 1. The Balaban J connectivity index is 2.07. The average molecular weight is 352 g/mol. The molecule has 0 amide bonds. The minimum absolute atomic E-state index is 0.146. The van der Waals surface area contributed by atoms with E-state index in [9.17, 15) is 15.1 Å². The van der Waals surface area contributed by atoms with Crippen LogP contribution in [-0.4, -0.2) is 31.3 Å². The maximum Gasteiger partial charge on any atom is 0.127 e. The summed E-state index contributed by atoms with van der Waals surface area (Å²) < 4.78 is 5.58. The number of hydroxylamine groups is 3. The van der Waals surface area contributed by atoms with Gasteiger partial charge in [0, 0.05) is 24.4 Å². The standard InChI is InChI=1S/C21H23NO4/c1-22(2,25)11-5-8-18-17-7-4-3-6-16(17)14-26-20-10-9-15(12-19(18)20)13-21(23)24/h3-4,6-10,12H,5,11,13-14H2,1-2H3,(H,23,24)/p-1/b18-8+. The number of benzene rings is 2. The van der Waals surface area contributed by atoms with Gasteiger partial charge in [0.05, 0.1) is 20.6 Å². The van der Waals surface area contributed by atoms with Crippen molar-refractivity contribution in [1.82, 2.24) is 0 Å². The molecule has 0 aliphatic carbocycles. The molecule has 1 aliphatic rings. The molecule has 0 fully saturated rings. The topological polar surface area (TPSA) is 72.4 Å². The summed E-state index contributed by atoms with van der Waals surface area (Å²) in [4.78, 5) is 11.0. The van der Waals surface area contributed by atoms with Gasteiger partial charge in [0.2, 0.25) is 0 Å². The second-order valence-electron chi connectivity index (χ2n) is 7.03. The predicted molar refractivity (Wildman–Crippen MR) is 98.0 cm³/mol. The predicted octanol–water partition coefficient (Wildman–Crippen LogP) is 2.27. The number of rotatable bonds is 5. The molecule has 0 spiro atoms. The van der Waals surface area contributed by atoms with Crippen molar-refractivity contribution in [1.29, 1.82) is 0 Å². The third kappa shape index (κ3) is 4.31. The summed E-state index contributed by atoms with van der Waals surface area (Å²) in [5.41, 5.74) is 4.60. The molecule has 3 rings (SSSR count). The molecule has 136 valence electrons. The molecule has 0 atom stereocenters. The monoisotopic (exact) mass is 352 g/mol. The molecule has 0 bridgehead atoms. The lowest BCUT2D eigenvalue weighted by atomic mass is 9.92. The van der Waals surface area contributed by atoms with Crippen LogP contribution in [0.1, 0.15) is 28.7 Å². The van der Waals surface area contributed by atoms with Crippen LogP contribution in [0.3, 0.4) is 0 Å². The number of hydrogen-bond donors (Lipinski definition) is 0. The van der Waals surface area contributed by atoms with Crippen molar-refractivity contribution in [3.05, 3.63) is 76.0 Å². The van der Waals surface area contributed by atoms with E-state index < -0.39 is 5.97 Å². The van der Waals surface area contributed by atoms with E-state index in [1.165, 1.54) is 0 Å². The first-order valence-corrected chi connectivity index (χ1v) is 8.62. The molecule has 1 heterocycles. The molecular formula is C21H22NO4-. The van der Waals surface area contributed by atoms with Crippen LogP contribution in [0, 0.1) is 5.21 Å². The highest BCUT2D eigenvalue weighted by molar-refractivity contribution is 5.85. The SMILES string of the molecule is C[N+](C)([O-])CC/C=C1\c2ccccc2COc2ccc(CC(=O)[O-])cc21. The summed E-state index contributed by atoms with van der Waals surface area (Å²) in [6.07, 6.45) is 2.52. The maximum absolute atomic E-state index is 11.9. The van der Waals surface area contributed by atoms with Crippen LogP contribution in [0.2, 0.25) is 0 Å². The molecule has 0 N–H and O–H groups in total. The number of carboxylic acid groups (broad SMARTS) is 1. The van der Waals surface area contributed by atoms with Gasteiger partial charge < -0.3 is 24.5 Å². The fourth-order valence-corrected chi connectivity index (χ4v) is 3.14. The van der Waals surface area contributed by atoms with Gasteiger partial charge in [0.1, 0.15) is 12.4 Å². The molecule has 5 nitrogen and oxygen atoms in total. The number of carbonyl (C=O) groups excluding carboxylic acids is 1. The summed E-state index contributed by atoms with van der Waals surface area (Å²) in [7, 11) is 3.24. The van der Waals surface area contributed by atoms with Crippen molar-refractivity contribution in [3.63, 3.8) is 0 Å². The normalized spacial score (nSPS) is 15.0. The van der Waals surface area contributed by atoms with Gasteiger partial charge in [-0.3, -0.25) is 0 Å². The fraction of sp³-hybridized carbons (Fsp3) is 0.286. The fourth-order valence-electron chi connectivity index (χ4n) is 3.14. The van der Waals surface area contributed by atoms with Gasteiger partial charge in [-0.05, 0) is 34.4 Å². The lowest BCUT2D eigenvalue weighted by Gasteiger charge is -2.33. The Labute approximate surface area is 153 Å². The number of carbonyl (C=O) groups is 1. The molecule has 1 aliphatic heterocycles. The van der Waals surface area contributed by atoms with E-state index in [1.807, 2.05) is 36.4 Å². The van der Waals surface area contributed by atoms with Crippen molar-refractivity contribution in [2.24, 2.45) is 0 Å². The highest BCUT2D eigenvalue weighted by atomic mass is 16.5. The molecule has 0 saturated heterocycles. The summed E-state index contributed by atoms with van der Waals surface area (Å²) >= 11 is 0. The maximum atomic E-state index is 11.9. The van der Waals surface area contributed by atoms with Crippen molar-refractivity contribution < 1.29 is 19.3 Å². The first-order chi connectivity index (χ1) is 12.3. The van der Waals surface area contributed by atoms with Gasteiger partial charge in [-0.1, -0.05) is 36.4 Å². The largest absolute Gasteiger partial charge is 0.633 e. The van der Waals surface area contributed by atoms with Gasteiger partial charge >= 0.3 is 0 Å². The van der Waals surface area contributed by atoms with Crippen LogP contribution >= 0.6 is 0 Å². The Hall–Kier alpha value is -2.63. The van der Waals surface area contributed by atoms with Crippen LogP contribution in [0.5, 0.6) is 5.75 Å². The van der Waals surface area contributed by atoms with E-state index >= 15 is 0 Å². The molecule has 5 heteroatoms. The zero-order valence-electron chi connectivity index (χ0n) is 15.0. The van der Waals surface area contributed by atoms with E-state index in [4.69, 9.17) is 4.74 Å². The second-order valence-corrected chi connectivity index (χ2v) is 7.03. The first-order valence-electron chi connectivity index (χ1n) is 8.62. The number of fused-ring (bicyclic) bond motifs is 2. The van der Waals surface area contributed by atoms with Crippen LogP contribution in [-0.2, 0) is 17.8 Å². The Bertz CT molecular complexity index is 849. The Morgan fingerprint density at radius 1 is 1.19 bits per heavy atom. The van der Waals surface area contributed by atoms with Gasteiger partial charge in [-0.2, -0.15) is 0 Å². The number of hydrogen-bond acceptors (Lipinski definition) is 4. The number of ether oxygens (including phenoxy) is 1. The van der Waals surface area contributed by atoms with Crippen molar-refractivity contribution in [2.75, 3.05) is 20.6 Å². The molecule has 2 aromatic carbocycles. The quantitative estimate of drug-likeness (QED) is 0.611. The van der Waals surface area contributed by atoms with Crippen molar-refractivity contribution in [2.45, 2.75) is 19.4 Å². The van der Waals surface area contributed by atoms with Gasteiger partial charge in [0.25, 0.3) is 0 Å². The Morgan fingerprint density at radius 3 is 2.69 bits per heavy atom. The molecule has 2 aromatic rings. The zero-order chi connectivity index (χ0) is 18.7. The van der Waals surface area contributed by atoms with E-state index in [2.05, 4.69) is 0 Å². The lowest BCUT2D eigenvalue weighted by Crippen LogP contribution is -2.32. The molecule has 0 unspecified atom stereocenters. The minimum atomic E-state index is -1.11. The molecule has 26 heavy (non-hydrogen) atoms. The van der Waals surface area contributed by atoms with E-state index in [0.717, 1.165) is 22.3 Å². The summed E-state index contributed by atoms with van der Waals surface area (Å²) in [6, 6.07) is 13.4. The minimum Gasteiger partial charge on any atom is -0.633 e. The van der Waals surface area contributed by atoms with Crippen LogP contribution < -0.4 is 9.84 Å². The summed E-state index contributed by atoms with van der Waals surface area (Å²) in [5.74, 6) is -0.402. The van der Waals surface area contributed by atoms with Gasteiger partial charge in [0.15, 0.2) is 0 Å². The second kappa shape index (κ2) is 7.32. The van der Waals surface area contributed by atoms with E-state index in [1.54, 1.807) is 26.2 Å². The smallest absolute Gasteiger partial charge is 0.127 e. The highest BCUT2D eigenvalue weighted by Crippen LogP contribution is 2.37. The van der Waals surface area contributed by atoms with Gasteiger partial charge in [-0.25, -0.2) is 0 Å². The molecule has 0 saturated carbocycles. The van der Waals surface area contributed by atoms with E-state index in [0.29, 0.717) is 30.9 Å². The van der Waals surface area contributed by atoms with Crippen LogP contribution in [0.15, 0.2) is 48.5 Å². The van der Waals surface area contributed by atoms with Crippen LogP contribution in [0.4, 0.5) is 0 Å². The summed E-state index contributed by atoms with van der Waals surface area (Å²) in [6.45, 7) is 0.907. The van der Waals surface area contributed by atoms with Gasteiger partial charge in [-0.15, -0.1) is 0 Å². The third-order valence-corrected chi connectivity index (χ3v) is 4.39. The Kier molecular flexibility index (Phi) is 5.11. The Morgan fingerprint density at radius 2 is 1.96 bits per heavy atom. The number of quaternary nitrogens is 1. The van der Waals surface area contributed by atoms with Crippen LogP contribution in [0.25, 0.3) is 5.57 Å². The molecule has 0 radical (unpaired) electrons. The van der Waals surface area contributed by atoms with E-state index in [-0.39, 0.29) is 11.1 Å². The average Bonchev–Trinajstić information content (AvgIpc) is 2.71. The summed E-state index contributed by atoms with van der Waals surface area (Å²) in [5, 5.41) is 22.9. The molecular weight excluding hydrogens is 330 g/mol. The van der Waals surface area contributed by atoms with Crippen molar-refractivity contribution in [3.8, 4) is 5.75 Å². The lowest BCUT2D eigenvalue weighted by molar-refractivity contribution is -0.839. The highest BCUT2D eigenvalue weighted by Gasteiger charge is 2.19. The third-order valence-electron chi connectivity index (χ3n) is 4.39. The number of carboxylic acids is 1. The number of nitrogens with zero attached hydrogens (tertiary/aromatic N) is 1. The molecule has 0 aromatic heterocycles. The zero-order valence-corrected chi connectivity index (χ0v) is 15.0.